The van der Waals surface area contributed by atoms with Crippen molar-refractivity contribution in [2.24, 2.45) is 0 Å². The number of alkyl halides is 1. The zero-order chi connectivity index (χ0) is 13.3. The van der Waals surface area contributed by atoms with Gasteiger partial charge in [-0.2, -0.15) is 5.10 Å². The summed E-state index contributed by atoms with van der Waals surface area (Å²) < 4.78 is 27.7. The highest BCUT2D eigenvalue weighted by atomic mass is 35.5. The molecule has 2 rings (SSSR count). The highest BCUT2D eigenvalue weighted by Gasteiger charge is 2.11. The van der Waals surface area contributed by atoms with E-state index in [1.165, 1.54) is 16.8 Å². The highest BCUT2D eigenvalue weighted by molar-refractivity contribution is 6.16. The molecule has 1 aromatic heterocycles. The summed E-state index contributed by atoms with van der Waals surface area (Å²) in [5.41, 5.74) is 0.326. The number of aryl methyl sites for hydroxylation is 1. The number of nitrogens with zero attached hydrogens (tertiary/aromatic N) is 2. The predicted molar refractivity (Wildman–Crippen MR) is 64.0 cm³/mol. The van der Waals surface area contributed by atoms with E-state index in [0.29, 0.717) is 5.69 Å². The van der Waals surface area contributed by atoms with Gasteiger partial charge in [-0.25, -0.2) is 13.5 Å². The van der Waals surface area contributed by atoms with E-state index in [0.717, 1.165) is 12.1 Å². The monoisotopic (exact) mass is 270 g/mol. The van der Waals surface area contributed by atoms with Crippen molar-refractivity contribution in [3.63, 3.8) is 0 Å². The minimum atomic E-state index is -0.755. The summed E-state index contributed by atoms with van der Waals surface area (Å²) in [5, 5.41) is 3.96. The van der Waals surface area contributed by atoms with Crippen LogP contribution >= 0.6 is 11.6 Å². The molecular weight excluding hydrogens is 262 g/mol. The van der Waals surface area contributed by atoms with E-state index in [4.69, 9.17) is 11.6 Å². The number of hydrogen-bond donors (Lipinski definition) is 0. The molecule has 1 aromatic carbocycles. The quantitative estimate of drug-likeness (QED) is 0.786. The Morgan fingerprint density at radius 3 is 2.67 bits per heavy atom. The first kappa shape index (κ1) is 12.7. The molecule has 94 valence electrons. The van der Waals surface area contributed by atoms with Gasteiger partial charge in [0, 0.05) is 17.8 Å². The van der Waals surface area contributed by atoms with Crippen molar-refractivity contribution in [3.8, 4) is 5.69 Å². The van der Waals surface area contributed by atoms with Crippen LogP contribution in [0.25, 0.3) is 5.69 Å². The topological polar surface area (TPSA) is 34.9 Å². The van der Waals surface area contributed by atoms with E-state index in [2.05, 4.69) is 5.10 Å². The fourth-order valence-electron chi connectivity index (χ4n) is 1.57. The summed E-state index contributed by atoms with van der Waals surface area (Å²) >= 11 is 5.58. The smallest absolute Gasteiger partial charge is 0.204 e. The Kier molecular flexibility index (Phi) is 3.43. The molecule has 0 aliphatic carbocycles. The summed E-state index contributed by atoms with van der Waals surface area (Å²) in [6.07, 6.45) is 0. The Balaban J connectivity index is 2.67. The van der Waals surface area contributed by atoms with Crippen molar-refractivity contribution >= 4 is 11.6 Å². The zero-order valence-electron chi connectivity index (χ0n) is 9.45. The SMILES string of the molecule is Cc1cc(=O)c(CCl)nn1-c1ccc(F)cc1F. The van der Waals surface area contributed by atoms with Gasteiger partial charge in [-0.05, 0) is 19.1 Å². The third-order valence-electron chi connectivity index (χ3n) is 2.44. The van der Waals surface area contributed by atoms with E-state index in [1.807, 2.05) is 0 Å². The summed E-state index contributed by atoms with van der Waals surface area (Å²) in [6.45, 7) is 1.61. The molecule has 0 unspecified atom stereocenters. The second-order valence-electron chi connectivity index (χ2n) is 3.74. The zero-order valence-corrected chi connectivity index (χ0v) is 10.2. The number of halogens is 3. The van der Waals surface area contributed by atoms with Gasteiger partial charge in [-0.3, -0.25) is 4.79 Å². The maximum absolute atomic E-state index is 13.6. The van der Waals surface area contributed by atoms with Gasteiger partial charge in [0.1, 0.15) is 17.2 Å². The van der Waals surface area contributed by atoms with Crippen LogP contribution in [0.4, 0.5) is 8.78 Å². The first-order chi connectivity index (χ1) is 8.52. The highest BCUT2D eigenvalue weighted by Crippen LogP contribution is 2.15. The largest absolute Gasteiger partial charge is 0.288 e. The summed E-state index contributed by atoms with van der Waals surface area (Å²) in [6, 6.07) is 4.45. The molecule has 6 heteroatoms. The van der Waals surface area contributed by atoms with Crippen molar-refractivity contribution in [2.75, 3.05) is 0 Å². The van der Waals surface area contributed by atoms with Gasteiger partial charge < -0.3 is 0 Å². The maximum atomic E-state index is 13.6. The normalized spacial score (nSPS) is 10.7. The number of hydrogen-bond acceptors (Lipinski definition) is 2. The van der Waals surface area contributed by atoms with Gasteiger partial charge in [-0.1, -0.05) is 0 Å². The number of aromatic nitrogens is 2. The second-order valence-corrected chi connectivity index (χ2v) is 4.01. The standard InChI is InChI=1S/C12H9ClF2N2O/c1-7-4-12(18)10(6-13)16-17(7)11-3-2-8(14)5-9(11)15/h2-5H,6H2,1H3. The molecule has 3 nitrogen and oxygen atoms in total. The first-order valence-corrected chi connectivity index (χ1v) is 5.67. The van der Waals surface area contributed by atoms with Crippen molar-refractivity contribution in [3.05, 3.63) is 57.5 Å². The van der Waals surface area contributed by atoms with Crippen molar-refractivity contribution in [2.45, 2.75) is 12.8 Å². The van der Waals surface area contributed by atoms with Crippen LogP contribution in [0.15, 0.2) is 29.1 Å². The molecule has 0 atom stereocenters. The summed E-state index contributed by atoms with van der Waals surface area (Å²) in [4.78, 5) is 11.5. The Morgan fingerprint density at radius 1 is 1.33 bits per heavy atom. The Bertz CT molecular complexity index is 655. The van der Waals surface area contributed by atoms with Crippen molar-refractivity contribution < 1.29 is 8.78 Å². The van der Waals surface area contributed by atoms with Gasteiger partial charge in [0.05, 0.1) is 5.88 Å². The lowest BCUT2D eigenvalue weighted by molar-refractivity contribution is 0.569. The minimum Gasteiger partial charge on any atom is -0.288 e. The van der Waals surface area contributed by atoms with E-state index < -0.39 is 11.6 Å². The second kappa shape index (κ2) is 4.86. The number of benzene rings is 1. The lowest BCUT2D eigenvalue weighted by Crippen LogP contribution is -2.18. The molecule has 0 spiro atoms. The molecule has 0 fully saturated rings. The van der Waals surface area contributed by atoms with Crippen molar-refractivity contribution in [1.82, 2.24) is 9.78 Å². The lowest BCUT2D eigenvalue weighted by Gasteiger charge is -2.11. The van der Waals surface area contributed by atoms with Gasteiger partial charge in [0.15, 0.2) is 5.82 Å². The third-order valence-corrected chi connectivity index (χ3v) is 2.70. The summed E-state index contributed by atoms with van der Waals surface area (Å²) in [7, 11) is 0. The van der Waals surface area contributed by atoms with Crippen LogP contribution in [0.5, 0.6) is 0 Å². The van der Waals surface area contributed by atoms with E-state index in [-0.39, 0.29) is 22.7 Å². The molecule has 0 aliphatic rings. The molecule has 0 bridgehead atoms. The van der Waals surface area contributed by atoms with Crippen LogP contribution in [-0.4, -0.2) is 9.78 Å². The number of rotatable bonds is 2. The third kappa shape index (κ3) is 2.26. The summed E-state index contributed by atoms with van der Waals surface area (Å²) in [5.74, 6) is -1.50. The fraction of sp³-hybridized carbons (Fsp3) is 0.167. The Labute approximate surface area is 107 Å². The average molecular weight is 271 g/mol. The lowest BCUT2D eigenvalue weighted by atomic mass is 10.2. The van der Waals surface area contributed by atoms with Crippen molar-refractivity contribution in [1.29, 1.82) is 0 Å². The van der Waals surface area contributed by atoms with Crippen LogP contribution in [0, 0.1) is 18.6 Å². The van der Waals surface area contributed by atoms with Crippen LogP contribution < -0.4 is 5.43 Å². The molecule has 0 N–H and O–H groups in total. The molecule has 18 heavy (non-hydrogen) atoms. The van der Waals surface area contributed by atoms with E-state index in [1.54, 1.807) is 6.92 Å². The maximum Gasteiger partial charge on any atom is 0.204 e. The molecule has 2 aromatic rings. The Morgan fingerprint density at radius 2 is 2.06 bits per heavy atom. The molecule has 0 radical (unpaired) electrons. The van der Waals surface area contributed by atoms with Crippen LogP contribution in [0.1, 0.15) is 11.4 Å². The Hall–Kier alpha value is -1.75. The van der Waals surface area contributed by atoms with E-state index >= 15 is 0 Å². The van der Waals surface area contributed by atoms with E-state index in [9.17, 15) is 13.6 Å². The molecule has 0 aliphatic heterocycles. The van der Waals surface area contributed by atoms with Gasteiger partial charge in [-0.15, -0.1) is 11.6 Å². The fourth-order valence-corrected chi connectivity index (χ4v) is 1.76. The van der Waals surface area contributed by atoms with Crippen LogP contribution in [-0.2, 0) is 5.88 Å². The van der Waals surface area contributed by atoms with Gasteiger partial charge >= 0.3 is 0 Å². The minimum absolute atomic E-state index is 0.0675. The van der Waals surface area contributed by atoms with Gasteiger partial charge in [0.2, 0.25) is 5.43 Å². The van der Waals surface area contributed by atoms with Crippen LogP contribution in [0.2, 0.25) is 0 Å². The first-order valence-electron chi connectivity index (χ1n) is 5.14. The molecule has 1 heterocycles. The van der Waals surface area contributed by atoms with Crippen LogP contribution in [0.3, 0.4) is 0 Å². The average Bonchev–Trinajstić information content (AvgIpc) is 2.30. The molecule has 0 saturated carbocycles. The molecule has 0 amide bonds. The predicted octanol–water partition coefficient (Wildman–Crippen LogP) is 2.56. The molecular formula is C12H9ClF2N2O. The van der Waals surface area contributed by atoms with Gasteiger partial charge in [0.25, 0.3) is 0 Å². The molecule has 0 saturated heterocycles.